The van der Waals surface area contributed by atoms with Gasteiger partial charge in [0.25, 0.3) is 6.43 Å². The van der Waals surface area contributed by atoms with Crippen LogP contribution in [0.4, 0.5) is 20.4 Å². The van der Waals surface area contributed by atoms with Crippen LogP contribution in [0.1, 0.15) is 18.9 Å². The summed E-state index contributed by atoms with van der Waals surface area (Å²) in [7, 11) is 1.52. The number of fused-ring (bicyclic) bond motifs is 1. The molecule has 0 aliphatic carbocycles. The summed E-state index contributed by atoms with van der Waals surface area (Å²) in [4.78, 5) is 8.70. The van der Waals surface area contributed by atoms with Crippen LogP contribution in [0.5, 0.6) is 5.88 Å². The Morgan fingerprint density at radius 2 is 2.11 bits per heavy atom. The monoisotopic (exact) mass is 379 g/mol. The number of aromatic nitrogens is 6. The largest absolute Gasteiger partial charge is 0.481 e. The SMILES string of the molecule is COc1cc(Nc2cnc3cnn(C(C(F)F)C4CCOCC4)c3n2)n[nH]1. The van der Waals surface area contributed by atoms with Gasteiger partial charge in [0.15, 0.2) is 17.3 Å². The molecule has 9 nitrogen and oxygen atoms in total. The fourth-order valence-corrected chi connectivity index (χ4v) is 3.27. The molecule has 1 unspecified atom stereocenters. The number of hydrogen-bond acceptors (Lipinski definition) is 7. The molecular weight excluding hydrogens is 360 g/mol. The van der Waals surface area contributed by atoms with E-state index in [4.69, 9.17) is 9.47 Å². The molecule has 0 amide bonds. The van der Waals surface area contributed by atoms with E-state index in [1.54, 1.807) is 6.07 Å². The molecule has 4 heterocycles. The first-order valence-corrected chi connectivity index (χ1v) is 8.58. The Labute approximate surface area is 153 Å². The van der Waals surface area contributed by atoms with Crippen LogP contribution in [0, 0.1) is 5.92 Å². The number of alkyl halides is 2. The molecule has 144 valence electrons. The van der Waals surface area contributed by atoms with Crippen molar-refractivity contribution in [2.24, 2.45) is 5.92 Å². The summed E-state index contributed by atoms with van der Waals surface area (Å²) in [6.07, 6.45) is 1.52. The van der Waals surface area contributed by atoms with E-state index in [-0.39, 0.29) is 5.92 Å². The van der Waals surface area contributed by atoms with Gasteiger partial charge in [-0.3, -0.25) is 0 Å². The molecule has 11 heteroatoms. The molecule has 3 aromatic heterocycles. The van der Waals surface area contributed by atoms with Gasteiger partial charge in [0, 0.05) is 19.3 Å². The van der Waals surface area contributed by atoms with Gasteiger partial charge in [0.05, 0.1) is 19.5 Å². The summed E-state index contributed by atoms with van der Waals surface area (Å²) >= 11 is 0. The number of rotatable bonds is 6. The lowest BCUT2D eigenvalue weighted by molar-refractivity contribution is -0.00705. The molecule has 0 saturated carbocycles. The Bertz CT molecular complexity index is 907. The van der Waals surface area contributed by atoms with Gasteiger partial charge < -0.3 is 14.8 Å². The van der Waals surface area contributed by atoms with Gasteiger partial charge in [-0.05, 0) is 18.8 Å². The first-order valence-electron chi connectivity index (χ1n) is 8.58. The first kappa shape index (κ1) is 17.6. The molecule has 0 bridgehead atoms. The molecule has 3 aromatic rings. The third-order valence-corrected chi connectivity index (χ3v) is 4.62. The standard InChI is InChI=1S/C16H19F2N7O2/c1-26-13-6-11(23-24-13)21-12-8-19-10-7-20-25(16(10)22-12)14(15(17)18)9-2-4-27-5-3-9/h6-9,14-15H,2-5H2,1H3,(H2,21,22,23,24). The number of ether oxygens (including phenoxy) is 2. The van der Waals surface area contributed by atoms with Crippen LogP contribution >= 0.6 is 0 Å². The van der Waals surface area contributed by atoms with Crippen LogP contribution in [-0.2, 0) is 4.74 Å². The zero-order chi connectivity index (χ0) is 18.8. The summed E-state index contributed by atoms with van der Waals surface area (Å²) in [5.74, 6) is 1.10. The third kappa shape index (κ3) is 3.54. The van der Waals surface area contributed by atoms with Crippen molar-refractivity contribution in [2.75, 3.05) is 25.6 Å². The minimum atomic E-state index is -2.56. The van der Waals surface area contributed by atoms with Crippen molar-refractivity contribution in [1.82, 2.24) is 29.9 Å². The number of H-pyrrole nitrogens is 1. The van der Waals surface area contributed by atoms with Gasteiger partial charge >= 0.3 is 0 Å². The Morgan fingerprint density at radius 3 is 2.81 bits per heavy atom. The molecule has 0 aromatic carbocycles. The highest BCUT2D eigenvalue weighted by molar-refractivity contribution is 5.72. The predicted molar refractivity (Wildman–Crippen MR) is 92.3 cm³/mol. The Morgan fingerprint density at radius 1 is 1.30 bits per heavy atom. The van der Waals surface area contributed by atoms with Gasteiger partial charge in [-0.25, -0.2) is 28.5 Å². The summed E-state index contributed by atoms with van der Waals surface area (Å²) in [5.41, 5.74) is 0.761. The van der Waals surface area contributed by atoms with Gasteiger partial charge in [-0.1, -0.05) is 0 Å². The lowest BCUT2D eigenvalue weighted by Crippen LogP contribution is -2.31. The van der Waals surface area contributed by atoms with Crippen LogP contribution in [0.3, 0.4) is 0 Å². The van der Waals surface area contributed by atoms with Gasteiger partial charge in [0.1, 0.15) is 11.6 Å². The van der Waals surface area contributed by atoms with Crippen molar-refractivity contribution < 1.29 is 18.3 Å². The molecule has 0 radical (unpaired) electrons. The maximum Gasteiger partial charge on any atom is 0.261 e. The van der Waals surface area contributed by atoms with Crippen LogP contribution in [0.2, 0.25) is 0 Å². The van der Waals surface area contributed by atoms with Crippen LogP contribution < -0.4 is 10.1 Å². The lowest BCUT2D eigenvalue weighted by atomic mass is 9.92. The first-order chi connectivity index (χ1) is 13.2. The van der Waals surface area contributed by atoms with Gasteiger partial charge in [-0.2, -0.15) is 10.2 Å². The highest BCUT2D eigenvalue weighted by Gasteiger charge is 2.34. The van der Waals surface area contributed by atoms with Gasteiger partial charge in [0.2, 0.25) is 5.88 Å². The summed E-state index contributed by atoms with van der Waals surface area (Å²) in [6, 6.07) is 0.578. The van der Waals surface area contributed by atoms with E-state index < -0.39 is 12.5 Å². The molecule has 1 aliphatic rings. The van der Waals surface area contributed by atoms with Crippen LogP contribution in [0.15, 0.2) is 18.5 Å². The van der Waals surface area contributed by atoms with E-state index in [0.29, 0.717) is 54.7 Å². The molecule has 1 atom stereocenters. The second-order valence-electron chi connectivity index (χ2n) is 6.27. The number of aromatic amines is 1. The van der Waals surface area contributed by atoms with Crippen molar-refractivity contribution in [3.63, 3.8) is 0 Å². The van der Waals surface area contributed by atoms with Crippen molar-refractivity contribution in [1.29, 1.82) is 0 Å². The average Bonchev–Trinajstić information content (AvgIpc) is 3.30. The molecular formula is C16H19F2N7O2. The highest BCUT2D eigenvalue weighted by atomic mass is 19.3. The number of nitrogens with zero attached hydrogens (tertiary/aromatic N) is 5. The molecule has 2 N–H and O–H groups in total. The van der Waals surface area contributed by atoms with Crippen molar-refractivity contribution in [3.05, 3.63) is 18.5 Å². The number of methoxy groups -OCH3 is 1. The highest BCUT2D eigenvalue weighted by Crippen LogP contribution is 2.34. The fraction of sp³-hybridized carbons (Fsp3) is 0.500. The van der Waals surface area contributed by atoms with E-state index in [2.05, 4.69) is 30.6 Å². The Hall–Kier alpha value is -2.82. The maximum atomic E-state index is 13.9. The average molecular weight is 379 g/mol. The minimum absolute atomic E-state index is 0.226. The molecule has 1 aliphatic heterocycles. The van der Waals surface area contributed by atoms with E-state index in [1.165, 1.54) is 24.2 Å². The summed E-state index contributed by atoms with van der Waals surface area (Å²) in [5, 5.41) is 13.8. The minimum Gasteiger partial charge on any atom is -0.481 e. The molecule has 27 heavy (non-hydrogen) atoms. The quantitative estimate of drug-likeness (QED) is 0.678. The van der Waals surface area contributed by atoms with Crippen LogP contribution in [0.25, 0.3) is 11.2 Å². The normalized spacial score (nSPS) is 16.7. The van der Waals surface area contributed by atoms with Crippen LogP contribution in [-0.4, -0.2) is 56.7 Å². The smallest absolute Gasteiger partial charge is 0.261 e. The van der Waals surface area contributed by atoms with E-state index in [0.717, 1.165) is 0 Å². The van der Waals surface area contributed by atoms with Gasteiger partial charge in [-0.15, -0.1) is 0 Å². The maximum absolute atomic E-state index is 13.9. The lowest BCUT2D eigenvalue weighted by Gasteiger charge is -2.30. The van der Waals surface area contributed by atoms with Crippen molar-refractivity contribution >= 4 is 22.8 Å². The third-order valence-electron chi connectivity index (χ3n) is 4.62. The van der Waals surface area contributed by atoms with Crippen molar-refractivity contribution in [3.8, 4) is 5.88 Å². The second kappa shape index (κ2) is 7.43. The number of hydrogen-bond donors (Lipinski definition) is 2. The molecule has 1 saturated heterocycles. The second-order valence-corrected chi connectivity index (χ2v) is 6.27. The zero-order valence-corrected chi connectivity index (χ0v) is 14.6. The summed E-state index contributed by atoms with van der Waals surface area (Å²) < 4.78 is 39.4. The van der Waals surface area contributed by atoms with E-state index in [9.17, 15) is 8.78 Å². The van der Waals surface area contributed by atoms with Crippen molar-refractivity contribution in [2.45, 2.75) is 25.3 Å². The number of halogens is 2. The fourth-order valence-electron chi connectivity index (χ4n) is 3.27. The number of nitrogens with one attached hydrogen (secondary N) is 2. The summed E-state index contributed by atoms with van der Waals surface area (Å²) in [6.45, 7) is 0.957. The molecule has 4 rings (SSSR count). The topological polar surface area (TPSA) is 103 Å². The van der Waals surface area contributed by atoms with E-state index in [1.807, 2.05) is 0 Å². The Balaban J connectivity index is 1.66. The Kier molecular flexibility index (Phi) is 4.84. The zero-order valence-electron chi connectivity index (χ0n) is 14.6. The number of anilines is 2. The molecule has 1 fully saturated rings. The predicted octanol–water partition coefficient (Wildman–Crippen LogP) is 2.53. The molecule has 0 spiro atoms. The van der Waals surface area contributed by atoms with E-state index >= 15 is 0 Å².